The molecule has 7 heteroatoms. The van der Waals surface area contributed by atoms with Gasteiger partial charge < -0.3 is 9.64 Å². The van der Waals surface area contributed by atoms with Crippen LogP contribution >= 0.6 is 12.2 Å². The van der Waals surface area contributed by atoms with Gasteiger partial charge in [0.1, 0.15) is 0 Å². The highest BCUT2D eigenvalue weighted by atomic mass is 32.1. The van der Waals surface area contributed by atoms with E-state index in [1.807, 2.05) is 4.68 Å². The molecule has 1 fully saturated rings. The number of benzene rings is 2. The van der Waals surface area contributed by atoms with Crippen LogP contribution in [0.15, 0.2) is 48.5 Å². The van der Waals surface area contributed by atoms with Crippen molar-refractivity contribution < 1.29 is 4.74 Å². The van der Waals surface area contributed by atoms with Gasteiger partial charge in [0.2, 0.25) is 4.77 Å². The molecule has 3 aromatic rings. The second kappa shape index (κ2) is 9.55. The lowest BCUT2D eigenvalue weighted by atomic mass is 10.1. The summed E-state index contributed by atoms with van der Waals surface area (Å²) in [5.74, 6) is 0.811. The monoisotopic (exact) mass is 423 g/mol. The van der Waals surface area contributed by atoms with Gasteiger partial charge in [0, 0.05) is 30.9 Å². The van der Waals surface area contributed by atoms with Crippen molar-refractivity contribution in [3.63, 3.8) is 0 Å². The van der Waals surface area contributed by atoms with Crippen molar-refractivity contribution in [2.24, 2.45) is 0 Å². The van der Waals surface area contributed by atoms with Crippen LogP contribution in [-0.4, -0.2) is 53.0 Å². The van der Waals surface area contributed by atoms with Crippen molar-refractivity contribution in [1.29, 1.82) is 0 Å². The minimum atomic E-state index is 0.569. The Bertz CT molecular complexity index is 1000. The molecule has 4 rings (SSSR count). The van der Waals surface area contributed by atoms with Crippen LogP contribution in [0.2, 0.25) is 0 Å². The molecule has 1 aromatic heterocycles. The molecule has 1 N–H and O–H groups in total. The first kappa shape index (κ1) is 20.8. The lowest BCUT2D eigenvalue weighted by molar-refractivity contribution is 0.122. The van der Waals surface area contributed by atoms with Gasteiger partial charge in [0.05, 0.1) is 19.9 Å². The molecule has 0 amide bonds. The molecule has 0 spiro atoms. The third kappa shape index (κ3) is 4.98. The van der Waals surface area contributed by atoms with Crippen molar-refractivity contribution in [2.75, 3.05) is 38.3 Å². The minimum absolute atomic E-state index is 0.569. The van der Waals surface area contributed by atoms with Crippen molar-refractivity contribution in [3.05, 3.63) is 64.4 Å². The molecule has 0 unspecified atom stereocenters. The Morgan fingerprint density at radius 1 is 1.03 bits per heavy atom. The Hall–Kier alpha value is -2.48. The summed E-state index contributed by atoms with van der Waals surface area (Å²) in [5.41, 5.74) is 4.91. The summed E-state index contributed by atoms with van der Waals surface area (Å²) >= 11 is 5.47. The normalized spacial score (nSPS) is 14.4. The van der Waals surface area contributed by atoms with Crippen LogP contribution < -0.4 is 4.90 Å². The van der Waals surface area contributed by atoms with Gasteiger partial charge in [-0.05, 0) is 48.9 Å². The number of aromatic amines is 1. The van der Waals surface area contributed by atoms with Gasteiger partial charge in [-0.2, -0.15) is 4.98 Å². The summed E-state index contributed by atoms with van der Waals surface area (Å²) in [5, 5.41) is 3.35. The largest absolute Gasteiger partial charge is 0.378 e. The SMILES string of the molecule is CCc1ccc(-c2nc(=S)n(CN(C)Cc3ccc(N4CCOCC4)cc3)[nH]2)cc1. The summed E-state index contributed by atoms with van der Waals surface area (Å²) < 4.78 is 7.92. The van der Waals surface area contributed by atoms with E-state index in [9.17, 15) is 0 Å². The zero-order chi connectivity index (χ0) is 20.9. The van der Waals surface area contributed by atoms with Gasteiger partial charge in [0.15, 0.2) is 5.82 Å². The van der Waals surface area contributed by atoms with Gasteiger partial charge >= 0.3 is 0 Å². The molecule has 0 aliphatic carbocycles. The molecule has 6 nitrogen and oxygen atoms in total. The summed E-state index contributed by atoms with van der Waals surface area (Å²) in [7, 11) is 2.09. The molecular weight excluding hydrogens is 394 g/mol. The maximum absolute atomic E-state index is 5.47. The Kier molecular flexibility index (Phi) is 6.62. The number of nitrogens with one attached hydrogen (secondary N) is 1. The Balaban J connectivity index is 1.38. The van der Waals surface area contributed by atoms with Gasteiger partial charge in [-0.3, -0.25) is 10.00 Å². The van der Waals surface area contributed by atoms with E-state index in [1.54, 1.807) is 0 Å². The second-order valence-electron chi connectivity index (χ2n) is 7.75. The average molecular weight is 424 g/mol. The van der Waals surface area contributed by atoms with E-state index in [0.29, 0.717) is 11.4 Å². The fraction of sp³-hybridized carbons (Fsp3) is 0.391. The number of hydrogen-bond donors (Lipinski definition) is 1. The van der Waals surface area contributed by atoms with Crippen LogP contribution in [0.5, 0.6) is 0 Å². The van der Waals surface area contributed by atoms with E-state index >= 15 is 0 Å². The molecule has 158 valence electrons. The number of aryl methyl sites for hydroxylation is 1. The maximum atomic E-state index is 5.47. The quantitative estimate of drug-likeness (QED) is 0.580. The first-order valence-corrected chi connectivity index (χ1v) is 10.9. The van der Waals surface area contributed by atoms with Crippen LogP contribution in [-0.2, 0) is 24.4 Å². The number of hydrogen-bond acceptors (Lipinski definition) is 5. The second-order valence-corrected chi connectivity index (χ2v) is 8.12. The number of ether oxygens (including phenoxy) is 1. The minimum Gasteiger partial charge on any atom is -0.378 e. The van der Waals surface area contributed by atoms with Gasteiger partial charge in [-0.25, -0.2) is 4.68 Å². The van der Waals surface area contributed by atoms with Crippen molar-refractivity contribution in [1.82, 2.24) is 19.7 Å². The number of aromatic nitrogens is 3. The molecule has 30 heavy (non-hydrogen) atoms. The lowest BCUT2D eigenvalue weighted by Gasteiger charge is -2.29. The number of nitrogens with zero attached hydrogens (tertiary/aromatic N) is 4. The third-order valence-electron chi connectivity index (χ3n) is 5.46. The van der Waals surface area contributed by atoms with E-state index in [4.69, 9.17) is 17.0 Å². The molecule has 1 aliphatic heterocycles. The molecule has 0 radical (unpaired) electrons. The predicted octanol–water partition coefficient (Wildman–Crippen LogP) is 4.10. The Morgan fingerprint density at radius 3 is 2.37 bits per heavy atom. The number of H-pyrrole nitrogens is 1. The number of anilines is 1. The molecular formula is C23H29N5OS. The standard InChI is InChI=1S/C23H29N5OS/c1-3-18-4-8-20(9-5-18)22-24-23(30)28(25-22)17-26(2)16-19-6-10-21(11-7-19)27-12-14-29-15-13-27/h4-11H,3,12-17H2,1-2H3,(H,24,25,30). The van der Waals surface area contributed by atoms with E-state index in [-0.39, 0.29) is 0 Å². The van der Waals surface area contributed by atoms with Gasteiger partial charge in [-0.15, -0.1) is 0 Å². The van der Waals surface area contributed by atoms with Crippen LogP contribution in [0.4, 0.5) is 5.69 Å². The summed E-state index contributed by atoms with van der Waals surface area (Å²) in [4.78, 5) is 9.13. The lowest BCUT2D eigenvalue weighted by Crippen LogP contribution is -2.36. The van der Waals surface area contributed by atoms with Crippen LogP contribution in [0, 0.1) is 4.77 Å². The fourth-order valence-electron chi connectivity index (χ4n) is 3.72. The highest BCUT2D eigenvalue weighted by Gasteiger charge is 2.12. The Labute approximate surface area is 183 Å². The number of rotatable bonds is 7. The molecule has 1 saturated heterocycles. The van der Waals surface area contributed by atoms with Crippen LogP contribution in [0.1, 0.15) is 18.1 Å². The van der Waals surface area contributed by atoms with Gasteiger partial charge in [-0.1, -0.05) is 43.3 Å². The molecule has 2 heterocycles. The first-order valence-electron chi connectivity index (χ1n) is 10.5. The van der Waals surface area contributed by atoms with Crippen molar-refractivity contribution >= 4 is 17.9 Å². The van der Waals surface area contributed by atoms with Crippen molar-refractivity contribution in [3.8, 4) is 11.4 Å². The highest BCUT2D eigenvalue weighted by molar-refractivity contribution is 7.71. The molecule has 0 saturated carbocycles. The van der Waals surface area contributed by atoms with E-state index < -0.39 is 0 Å². The van der Waals surface area contributed by atoms with Crippen LogP contribution in [0.25, 0.3) is 11.4 Å². The molecule has 2 aromatic carbocycles. The number of morpholine rings is 1. The first-order chi connectivity index (χ1) is 14.6. The van der Waals surface area contributed by atoms with E-state index in [0.717, 1.165) is 50.7 Å². The zero-order valence-corrected chi connectivity index (χ0v) is 18.5. The smallest absolute Gasteiger partial charge is 0.217 e. The summed E-state index contributed by atoms with van der Waals surface area (Å²) in [6.45, 7) is 7.18. The topological polar surface area (TPSA) is 49.3 Å². The molecule has 0 atom stereocenters. The summed E-state index contributed by atoms with van der Waals surface area (Å²) in [6, 6.07) is 17.3. The maximum Gasteiger partial charge on any atom is 0.217 e. The van der Waals surface area contributed by atoms with E-state index in [2.05, 4.69) is 82.4 Å². The molecule has 1 aliphatic rings. The van der Waals surface area contributed by atoms with Crippen LogP contribution in [0.3, 0.4) is 0 Å². The van der Waals surface area contributed by atoms with Gasteiger partial charge in [0.25, 0.3) is 0 Å². The fourth-order valence-corrected chi connectivity index (χ4v) is 3.91. The average Bonchev–Trinajstić information content (AvgIpc) is 3.15. The Morgan fingerprint density at radius 2 is 1.70 bits per heavy atom. The zero-order valence-electron chi connectivity index (χ0n) is 17.7. The molecule has 0 bridgehead atoms. The third-order valence-corrected chi connectivity index (χ3v) is 5.77. The summed E-state index contributed by atoms with van der Waals surface area (Å²) in [6.07, 6.45) is 1.03. The predicted molar refractivity (Wildman–Crippen MR) is 123 cm³/mol. The van der Waals surface area contributed by atoms with E-state index in [1.165, 1.54) is 16.8 Å². The van der Waals surface area contributed by atoms with Crippen molar-refractivity contribution in [2.45, 2.75) is 26.6 Å². The highest BCUT2D eigenvalue weighted by Crippen LogP contribution is 2.18.